The maximum absolute atomic E-state index is 13.2. The van der Waals surface area contributed by atoms with Crippen LogP contribution in [0.4, 0.5) is 0 Å². The molecular formula is C49H48ClNO7. The minimum Gasteiger partial charge on any atom is -0.497 e. The molecule has 0 unspecified atom stereocenters. The van der Waals surface area contributed by atoms with Crippen LogP contribution in [0.15, 0.2) is 133 Å². The lowest BCUT2D eigenvalue weighted by atomic mass is 9.96. The van der Waals surface area contributed by atoms with Crippen molar-refractivity contribution in [2.75, 3.05) is 48.6 Å². The van der Waals surface area contributed by atoms with Crippen molar-refractivity contribution in [1.82, 2.24) is 4.90 Å². The lowest BCUT2D eigenvalue weighted by molar-refractivity contribution is 0.0992. The zero-order valence-electron chi connectivity index (χ0n) is 33.5. The molecule has 0 saturated carbocycles. The van der Waals surface area contributed by atoms with Gasteiger partial charge >= 0.3 is 0 Å². The maximum Gasteiger partial charge on any atom is 0.252 e. The third kappa shape index (κ3) is 10.6. The molecule has 7 rings (SSSR count). The van der Waals surface area contributed by atoms with Gasteiger partial charge in [-0.2, -0.15) is 0 Å². The third-order valence-electron chi connectivity index (χ3n) is 10.2. The minimum atomic E-state index is -0.494. The number of piperidine rings is 1. The SMILES string of the molecule is COc1cccc(-c2cc(C(=O)Cc3ccc(-c4ccc(OC5CCN(C)CC5)cc4)cc3)ccc2OC)c1.COc1cccc(-c2cc(C(=O)Cl)ccc2OC)c1. The molecule has 9 heteroatoms. The van der Waals surface area contributed by atoms with Crippen molar-refractivity contribution < 1.29 is 33.3 Å². The molecule has 1 saturated heterocycles. The van der Waals surface area contributed by atoms with Crippen LogP contribution in [0.25, 0.3) is 33.4 Å². The summed E-state index contributed by atoms with van der Waals surface area (Å²) in [6, 6.07) is 42.4. The van der Waals surface area contributed by atoms with E-state index in [9.17, 15) is 9.59 Å². The molecular weight excluding hydrogens is 750 g/mol. The largest absolute Gasteiger partial charge is 0.497 e. The fraction of sp³-hybridized carbons (Fsp3) is 0.224. The number of benzene rings is 6. The fourth-order valence-corrected chi connectivity index (χ4v) is 6.99. The smallest absolute Gasteiger partial charge is 0.252 e. The first kappa shape index (κ1) is 41.5. The Morgan fingerprint density at radius 2 is 1.07 bits per heavy atom. The van der Waals surface area contributed by atoms with Crippen LogP contribution in [0.1, 0.15) is 39.1 Å². The van der Waals surface area contributed by atoms with E-state index < -0.39 is 5.24 Å². The van der Waals surface area contributed by atoms with Crippen LogP contribution in [0, 0.1) is 0 Å². The van der Waals surface area contributed by atoms with Crippen molar-refractivity contribution in [3.63, 3.8) is 0 Å². The Kier molecular flexibility index (Phi) is 14.2. The van der Waals surface area contributed by atoms with Gasteiger partial charge in [-0.3, -0.25) is 9.59 Å². The number of hydrogen-bond donors (Lipinski definition) is 0. The fourth-order valence-electron chi connectivity index (χ4n) is 6.87. The number of carbonyl (C=O) groups is 2. The van der Waals surface area contributed by atoms with Gasteiger partial charge in [0.25, 0.3) is 5.24 Å². The number of rotatable bonds is 13. The Hall–Kier alpha value is -6.09. The molecule has 8 nitrogen and oxygen atoms in total. The quantitative estimate of drug-likeness (QED) is 0.0844. The number of likely N-dealkylation sites (tertiary alicyclic amines) is 1. The molecule has 58 heavy (non-hydrogen) atoms. The Balaban J connectivity index is 0.000000250. The number of Topliss-reactive ketones (excluding diaryl/α,β-unsaturated/α-hetero) is 1. The molecule has 1 aliphatic heterocycles. The van der Waals surface area contributed by atoms with E-state index in [0.29, 0.717) is 35.2 Å². The Morgan fingerprint density at radius 3 is 1.57 bits per heavy atom. The van der Waals surface area contributed by atoms with E-state index in [1.807, 2.05) is 78.9 Å². The van der Waals surface area contributed by atoms with Crippen molar-refractivity contribution in [3.8, 4) is 62.1 Å². The number of ether oxygens (including phenoxy) is 5. The van der Waals surface area contributed by atoms with Gasteiger partial charge in [0.15, 0.2) is 5.78 Å². The summed E-state index contributed by atoms with van der Waals surface area (Å²) >= 11 is 5.51. The molecule has 1 aliphatic rings. The van der Waals surface area contributed by atoms with Crippen molar-refractivity contribution >= 4 is 22.6 Å². The molecule has 1 fully saturated rings. The van der Waals surface area contributed by atoms with E-state index in [1.54, 1.807) is 46.6 Å². The molecule has 0 bridgehead atoms. The van der Waals surface area contributed by atoms with Gasteiger partial charge in [-0.15, -0.1) is 0 Å². The van der Waals surface area contributed by atoms with Crippen LogP contribution in [0.5, 0.6) is 28.7 Å². The summed E-state index contributed by atoms with van der Waals surface area (Å²) in [7, 11) is 8.63. The molecule has 6 aromatic carbocycles. The van der Waals surface area contributed by atoms with Gasteiger partial charge in [0.1, 0.15) is 34.9 Å². The molecule has 298 valence electrons. The van der Waals surface area contributed by atoms with Crippen LogP contribution in [-0.2, 0) is 6.42 Å². The number of methoxy groups -OCH3 is 4. The van der Waals surface area contributed by atoms with E-state index in [2.05, 4.69) is 48.3 Å². The normalized spacial score (nSPS) is 12.8. The van der Waals surface area contributed by atoms with Gasteiger partial charge in [-0.1, -0.05) is 60.7 Å². The molecule has 0 aromatic heterocycles. The second kappa shape index (κ2) is 19.9. The summed E-state index contributed by atoms with van der Waals surface area (Å²) in [6.07, 6.45) is 2.75. The van der Waals surface area contributed by atoms with Gasteiger partial charge in [-0.05, 0) is 132 Å². The number of ketones is 1. The number of nitrogens with zero attached hydrogens (tertiary/aromatic N) is 1. The predicted octanol–water partition coefficient (Wildman–Crippen LogP) is 10.7. The second-order valence-corrected chi connectivity index (χ2v) is 14.4. The summed E-state index contributed by atoms with van der Waals surface area (Å²) in [5, 5.41) is -0.494. The zero-order valence-corrected chi connectivity index (χ0v) is 34.3. The highest BCUT2D eigenvalue weighted by Gasteiger charge is 2.18. The van der Waals surface area contributed by atoms with Crippen LogP contribution in [-0.4, -0.2) is 70.6 Å². The number of halogens is 1. The van der Waals surface area contributed by atoms with Crippen molar-refractivity contribution in [2.24, 2.45) is 0 Å². The third-order valence-corrected chi connectivity index (χ3v) is 10.4. The summed E-state index contributed by atoms with van der Waals surface area (Å²) in [5.74, 6) is 3.86. The first-order valence-corrected chi connectivity index (χ1v) is 19.5. The van der Waals surface area contributed by atoms with Crippen LogP contribution in [0.2, 0.25) is 0 Å². The van der Waals surface area contributed by atoms with Gasteiger partial charge in [0.05, 0.1) is 28.4 Å². The zero-order chi connectivity index (χ0) is 41.0. The maximum atomic E-state index is 13.2. The van der Waals surface area contributed by atoms with Crippen molar-refractivity contribution in [3.05, 3.63) is 150 Å². The first-order chi connectivity index (χ1) is 28.2. The average molecular weight is 798 g/mol. The molecule has 0 spiro atoms. The standard InChI is InChI=1S/C34H35NO4.C15H13ClO3/c1-35-19-17-30(18-20-35)39-29-14-11-26(12-15-29)25-9-7-24(8-10-25)21-33(36)28-13-16-34(38-3)32(23-28)27-5-4-6-31(22-27)37-2;1-18-12-5-3-4-10(8-12)13-9-11(15(16)17)6-7-14(13)19-2/h4-16,22-23,30H,17-21H2,1-3H3;3-9H,1-2H3. The lowest BCUT2D eigenvalue weighted by Gasteiger charge is -2.29. The topological polar surface area (TPSA) is 83.5 Å². The Labute approximate surface area is 345 Å². The van der Waals surface area contributed by atoms with Crippen LogP contribution < -0.4 is 23.7 Å². The minimum absolute atomic E-state index is 0.0601. The average Bonchev–Trinajstić information content (AvgIpc) is 3.27. The lowest BCUT2D eigenvalue weighted by Crippen LogP contribution is -2.35. The highest BCUT2D eigenvalue weighted by Crippen LogP contribution is 2.35. The van der Waals surface area contributed by atoms with Gasteiger partial charge < -0.3 is 28.6 Å². The highest BCUT2D eigenvalue weighted by molar-refractivity contribution is 6.67. The molecule has 6 aromatic rings. The van der Waals surface area contributed by atoms with Crippen molar-refractivity contribution in [1.29, 1.82) is 0 Å². The predicted molar refractivity (Wildman–Crippen MR) is 231 cm³/mol. The first-order valence-electron chi connectivity index (χ1n) is 19.1. The van der Waals surface area contributed by atoms with Crippen LogP contribution in [0.3, 0.4) is 0 Å². The van der Waals surface area contributed by atoms with E-state index in [-0.39, 0.29) is 5.78 Å². The second-order valence-electron chi connectivity index (χ2n) is 14.0. The molecule has 1 heterocycles. The Bertz CT molecular complexity index is 2320. The van der Waals surface area contributed by atoms with E-state index in [4.69, 9.17) is 35.3 Å². The highest BCUT2D eigenvalue weighted by atomic mass is 35.5. The van der Waals surface area contributed by atoms with E-state index >= 15 is 0 Å². The van der Waals surface area contributed by atoms with E-state index in [1.165, 1.54) is 0 Å². The van der Waals surface area contributed by atoms with Gasteiger partial charge in [-0.25, -0.2) is 0 Å². The Morgan fingerprint density at radius 1 is 0.569 bits per heavy atom. The summed E-state index contributed by atoms with van der Waals surface area (Å²) in [4.78, 5) is 26.8. The molecule has 0 amide bonds. The molecule has 0 atom stereocenters. The van der Waals surface area contributed by atoms with Gasteiger partial charge in [0.2, 0.25) is 0 Å². The summed E-state index contributed by atoms with van der Waals surface area (Å²) in [5.41, 5.74) is 7.80. The number of hydrogen-bond acceptors (Lipinski definition) is 8. The van der Waals surface area contributed by atoms with Crippen molar-refractivity contribution in [2.45, 2.75) is 25.4 Å². The monoisotopic (exact) mass is 797 g/mol. The molecule has 0 radical (unpaired) electrons. The van der Waals surface area contributed by atoms with Crippen LogP contribution >= 0.6 is 11.6 Å². The summed E-state index contributed by atoms with van der Waals surface area (Å²) in [6.45, 7) is 2.17. The molecule has 0 aliphatic carbocycles. The van der Waals surface area contributed by atoms with E-state index in [0.717, 1.165) is 82.1 Å². The summed E-state index contributed by atoms with van der Waals surface area (Å²) < 4.78 is 27.6. The number of carbonyl (C=O) groups excluding carboxylic acids is 2. The molecule has 0 N–H and O–H groups in total. The van der Waals surface area contributed by atoms with Gasteiger partial charge in [0, 0.05) is 41.8 Å².